The van der Waals surface area contributed by atoms with Crippen molar-refractivity contribution >= 4 is 5.91 Å². The number of piperazine rings is 1. The Labute approximate surface area is 251 Å². The number of piperidine rings is 1. The second-order valence-electron chi connectivity index (χ2n) is 12.1. The third-order valence-corrected chi connectivity index (χ3v) is 9.56. The third-order valence-electron chi connectivity index (χ3n) is 9.56. The lowest BCUT2D eigenvalue weighted by atomic mass is 9.89. The molecule has 4 nitrogen and oxygen atoms in total. The minimum absolute atomic E-state index is 0.189. The largest absolute Gasteiger partial charge is 0.335 e. The summed E-state index contributed by atoms with van der Waals surface area (Å²) in [6.07, 6.45) is 2.95. The van der Waals surface area contributed by atoms with Gasteiger partial charge in [-0.25, -0.2) is 0 Å². The van der Waals surface area contributed by atoms with Crippen LogP contribution in [-0.2, 0) is 6.42 Å². The predicted molar refractivity (Wildman–Crippen MR) is 172 cm³/mol. The van der Waals surface area contributed by atoms with E-state index in [9.17, 15) is 4.79 Å². The summed E-state index contributed by atoms with van der Waals surface area (Å²) in [6, 6.07) is 39.7. The summed E-state index contributed by atoms with van der Waals surface area (Å²) in [7, 11) is 0. The SMILES string of the molecule is Cc1cccc(C(=O)N2CCC(N3CCN(C(c4ccccc4)c4ccccc4)CC3)CC2Cc2ccccc2)c1C. The van der Waals surface area contributed by atoms with Gasteiger partial charge in [-0.2, -0.15) is 0 Å². The molecule has 1 amide bonds. The molecule has 4 heteroatoms. The molecule has 2 saturated heterocycles. The summed E-state index contributed by atoms with van der Waals surface area (Å²) in [6.45, 7) is 9.19. The molecule has 2 fully saturated rings. The Morgan fingerprint density at radius 3 is 1.93 bits per heavy atom. The molecule has 4 aromatic rings. The van der Waals surface area contributed by atoms with Gasteiger partial charge in [0.05, 0.1) is 6.04 Å². The first kappa shape index (κ1) is 28.4. The fraction of sp³-hybridized carbons (Fsp3) is 0.342. The van der Waals surface area contributed by atoms with Gasteiger partial charge in [-0.3, -0.25) is 14.6 Å². The van der Waals surface area contributed by atoms with Crippen molar-refractivity contribution in [3.8, 4) is 0 Å². The number of carbonyl (C=O) groups excluding carboxylic acids is 1. The molecule has 0 saturated carbocycles. The highest BCUT2D eigenvalue weighted by Gasteiger charge is 2.37. The van der Waals surface area contributed by atoms with E-state index in [1.807, 2.05) is 12.1 Å². The Morgan fingerprint density at radius 2 is 1.31 bits per heavy atom. The van der Waals surface area contributed by atoms with Crippen LogP contribution in [0.2, 0.25) is 0 Å². The smallest absolute Gasteiger partial charge is 0.254 e. The number of likely N-dealkylation sites (tertiary alicyclic amines) is 1. The second kappa shape index (κ2) is 13.1. The lowest BCUT2D eigenvalue weighted by molar-refractivity contribution is 0.0246. The van der Waals surface area contributed by atoms with Crippen LogP contribution in [0.3, 0.4) is 0 Å². The topological polar surface area (TPSA) is 26.8 Å². The number of carbonyl (C=O) groups is 1. The highest BCUT2D eigenvalue weighted by atomic mass is 16.2. The normalized spacial score (nSPS) is 20.1. The lowest BCUT2D eigenvalue weighted by Gasteiger charge is -2.47. The predicted octanol–water partition coefficient (Wildman–Crippen LogP) is 6.93. The van der Waals surface area contributed by atoms with Crippen molar-refractivity contribution in [2.24, 2.45) is 0 Å². The molecule has 216 valence electrons. The Hall–Kier alpha value is -3.73. The summed E-state index contributed by atoms with van der Waals surface area (Å²) < 4.78 is 0. The number of rotatable bonds is 7. The maximum atomic E-state index is 13.9. The monoisotopic (exact) mass is 557 g/mol. The van der Waals surface area contributed by atoms with Gasteiger partial charge in [0.25, 0.3) is 5.91 Å². The van der Waals surface area contributed by atoms with Gasteiger partial charge in [0.2, 0.25) is 0 Å². The van der Waals surface area contributed by atoms with Crippen LogP contribution in [0.25, 0.3) is 0 Å². The first-order chi connectivity index (χ1) is 20.6. The molecule has 2 unspecified atom stereocenters. The molecule has 2 aliphatic heterocycles. The lowest BCUT2D eigenvalue weighted by Crippen LogP contribution is -2.57. The number of aryl methyl sites for hydroxylation is 1. The van der Waals surface area contributed by atoms with Crippen LogP contribution in [0.15, 0.2) is 109 Å². The Balaban J connectivity index is 1.18. The summed E-state index contributed by atoms with van der Waals surface area (Å²) in [5.74, 6) is 0.189. The van der Waals surface area contributed by atoms with Crippen LogP contribution in [0.1, 0.15) is 57.1 Å². The van der Waals surface area contributed by atoms with Crippen LogP contribution < -0.4 is 0 Å². The van der Waals surface area contributed by atoms with E-state index in [2.05, 4.69) is 126 Å². The molecule has 42 heavy (non-hydrogen) atoms. The Morgan fingerprint density at radius 1 is 0.714 bits per heavy atom. The average Bonchev–Trinajstić information content (AvgIpc) is 3.04. The third kappa shape index (κ3) is 6.21. The van der Waals surface area contributed by atoms with Crippen molar-refractivity contribution in [1.29, 1.82) is 0 Å². The van der Waals surface area contributed by atoms with Gasteiger partial charge < -0.3 is 4.90 Å². The van der Waals surface area contributed by atoms with Crippen molar-refractivity contribution in [3.05, 3.63) is 143 Å². The van der Waals surface area contributed by atoms with E-state index in [1.54, 1.807) is 0 Å². The van der Waals surface area contributed by atoms with Gasteiger partial charge in [-0.1, -0.05) is 103 Å². The minimum atomic E-state index is 0.189. The van der Waals surface area contributed by atoms with Gasteiger partial charge in [0.1, 0.15) is 0 Å². The van der Waals surface area contributed by atoms with Crippen LogP contribution in [0, 0.1) is 13.8 Å². The van der Waals surface area contributed by atoms with E-state index in [-0.39, 0.29) is 18.0 Å². The van der Waals surface area contributed by atoms with Gasteiger partial charge >= 0.3 is 0 Å². The standard InChI is InChI=1S/C38H43N3O/c1-29-13-12-20-36(30(29)2)38(42)41-22-21-34(28-35(41)27-31-14-6-3-7-15-31)39-23-25-40(26-24-39)37(32-16-8-4-9-17-32)33-18-10-5-11-19-33/h3-20,34-35,37H,21-28H2,1-2H3. The number of hydrogen-bond acceptors (Lipinski definition) is 3. The molecule has 0 aromatic heterocycles. The van der Waals surface area contributed by atoms with Gasteiger partial charge in [0.15, 0.2) is 0 Å². The van der Waals surface area contributed by atoms with Crippen LogP contribution >= 0.6 is 0 Å². The molecule has 2 aliphatic rings. The molecular formula is C38H43N3O. The molecule has 0 bridgehead atoms. The van der Waals surface area contributed by atoms with E-state index in [0.29, 0.717) is 6.04 Å². The molecule has 0 aliphatic carbocycles. The highest BCUT2D eigenvalue weighted by Crippen LogP contribution is 2.32. The minimum Gasteiger partial charge on any atom is -0.335 e. The molecule has 4 aromatic carbocycles. The molecule has 0 N–H and O–H groups in total. The Kier molecular flexibility index (Phi) is 8.83. The fourth-order valence-corrected chi connectivity index (χ4v) is 7.09. The van der Waals surface area contributed by atoms with Gasteiger partial charge in [-0.15, -0.1) is 0 Å². The van der Waals surface area contributed by atoms with Crippen molar-refractivity contribution in [2.75, 3.05) is 32.7 Å². The quantitative estimate of drug-likeness (QED) is 0.247. The zero-order chi connectivity index (χ0) is 28.9. The van der Waals surface area contributed by atoms with Crippen molar-refractivity contribution in [1.82, 2.24) is 14.7 Å². The maximum absolute atomic E-state index is 13.9. The van der Waals surface area contributed by atoms with Crippen LogP contribution in [-0.4, -0.2) is 65.4 Å². The number of amides is 1. The van der Waals surface area contributed by atoms with E-state index < -0.39 is 0 Å². The van der Waals surface area contributed by atoms with Gasteiger partial charge in [-0.05, 0) is 67.0 Å². The van der Waals surface area contributed by atoms with E-state index in [4.69, 9.17) is 0 Å². The van der Waals surface area contributed by atoms with E-state index >= 15 is 0 Å². The molecular weight excluding hydrogens is 514 g/mol. The molecule has 2 atom stereocenters. The molecule has 2 heterocycles. The van der Waals surface area contributed by atoms with Crippen molar-refractivity contribution in [3.63, 3.8) is 0 Å². The van der Waals surface area contributed by atoms with Crippen molar-refractivity contribution < 1.29 is 4.79 Å². The molecule has 0 spiro atoms. The van der Waals surface area contributed by atoms with Crippen LogP contribution in [0.4, 0.5) is 0 Å². The summed E-state index contributed by atoms with van der Waals surface area (Å²) in [5.41, 5.74) is 7.16. The fourth-order valence-electron chi connectivity index (χ4n) is 7.09. The average molecular weight is 558 g/mol. The van der Waals surface area contributed by atoms with E-state index in [1.165, 1.54) is 22.3 Å². The number of benzene rings is 4. The van der Waals surface area contributed by atoms with Crippen LogP contribution in [0.5, 0.6) is 0 Å². The molecule has 0 radical (unpaired) electrons. The summed E-state index contributed by atoms with van der Waals surface area (Å²) in [5, 5.41) is 0. The Bertz CT molecular complexity index is 1410. The van der Waals surface area contributed by atoms with Gasteiger partial charge in [0, 0.05) is 50.4 Å². The zero-order valence-corrected chi connectivity index (χ0v) is 25.0. The first-order valence-electron chi connectivity index (χ1n) is 15.6. The molecule has 6 rings (SSSR count). The number of hydrogen-bond donors (Lipinski definition) is 0. The summed E-state index contributed by atoms with van der Waals surface area (Å²) in [4.78, 5) is 21.5. The van der Waals surface area contributed by atoms with Crippen molar-refractivity contribution in [2.45, 2.75) is 51.2 Å². The first-order valence-corrected chi connectivity index (χ1v) is 15.6. The zero-order valence-electron chi connectivity index (χ0n) is 25.0. The highest BCUT2D eigenvalue weighted by molar-refractivity contribution is 5.96. The van der Waals surface area contributed by atoms with E-state index in [0.717, 1.165) is 63.1 Å². The number of nitrogens with zero attached hydrogens (tertiary/aromatic N) is 3. The second-order valence-corrected chi connectivity index (χ2v) is 12.1. The summed E-state index contributed by atoms with van der Waals surface area (Å²) >= 11 is 0. The maximum Gasteiger partial charge on any atom is 0.254 e.